The SMILES string of the molecule is NCCc1cc(-c2cccc(C(F)(F)F)c2)no1. The van der Waals surface area contributed by atoms with E-state index in [0.717, 1.165) is 12.1 Å². The topological polar surface area (TPSA) is 52.0 Å². The van der Waals surface area contributed by atoms with Crippen molar-refractivity contribution in [2.75, 3.05) is 6.54 Å². The van der Waals surface area contributed by atoms with Gasteiger partial charge < -0.3 is 10.3 Å². The van der Waals surface area contributed by atoms with Gasteiger partial charge in [-0.15, -0.1) is 0 Å². The van der Waals surface area contributed by atoms with Gasteiger partial charge in [-0.2, -0.15) is 13.2 Å². The molecule has 0 aliphatic rings. The van der Waals surface area contributed by atoms with Crippen LogP contribution in [0.4, 0.5) is 13.2 Å². The number of aromatic nitrogens is 1. The third-order valence-electron chi connectivity index (χ3n) is 2.44. The Balaban J connectivity index is 2.32. The average molecular weight is 256 g/mol. The van der Waals surface area contributed by atoms with E-state index in [-0.39, 0.29) is 0 Å². The molecule has 18 heavy (non-hydrogen) atoms. The highest BCUT2D eigenvalue weighted by atomic mass is 19.4. The van der Waals surface area contributed by atoms with Crippen LogP contribution in [0.2, 0.25) is 0 Å². The Bertz CT molecular complexity index is 534. The first-order valence-corrected chi connectivity index (χ1v) is 5.34. The second-order valence-corrected chi connectivity index (χ2v) is 3.80. The van der Waals surface area contributed by atoms with Crippen LogP contribution in [0.5, 0.6) is 0 Å². The van der Waals surface area contributed by atoms with Crippen LogP contribution in [0.25, 0.3) is 11.3 Å². The number of halogens is 3. The quantitative estimate of drug-likeness (QED) is 0.918. The van der Waals surface area contributed by atoms with Crippen molar-refractivity contribution in [3.8, 4) is 11.3 Å². The zero-order valence-electron chi connectivity index (χ0n) is 9.37. The van der Waals surface area contributed by atoms with Crippen LogP contribution in [0.1, 0.15) is 11.3 Å². The molecule has 0 saturated heterocycles. The predicted octanol–water partition coefficient (Wildman–Crippen LogP) is 2.86. The molecule has 3 nitrogen and oxygen atoms in total. The fraction of sp³-hybridized carbons (Fsp3) is 0.250. The Morgan fingerprint density at radius 1 is 1.22 bits per heavy atom. The summed E-state index contributed by atoms with van der Waals surface area (Å²) in [5, 5.41) is 3.73. The molecule has 1 aromatic carbocycles. The third-order valence-corrected chi connectivity index (χ3v) is 2.44. The first-order valence-electron chi connectivity index (χ1n) is 5.34. The maximum Gasteiger partial charge on any atom is 0.416 e. The first kappa shape index (κ1) is 12.6. The molecular formula is C12H11F3N2O. The van der Waals surface area contributed by atoms with Crippen molar-refractivity contribution in [2.24, 2.45) is 5.73 Å². The smallest absolute Gasteiger partial charge is 0.361 e. The molecule has 1 heterocycles. The number of nitrogens with two attached hydrogens (primary N) is 1. The van der Waals surface area contributed by atoms with Gasteiger partial charge in [-0.1, -0.05) is 17.3 Å². The first-order chi connectivity index (χ1) is 8.50. The van der Waals surface area contributed by atoms with E-state index < -0.39 is 11.7 Å². The lowest BCUT2D eigenvalue weighted by molar-refractivity contribution is -0.137. The zero-order valence-corrected chi connectivity index (χ0v) is 9.37. The molecule has 0 unspecified atom stereocenters. The third kappa shape index (κ3) is 2.70. The minimum atomic E-state index is -4.36. The van der Waals surface area contributed by atoms with Crippen LogP contribution in [0.3, 0.4) is 0 Å². The van der Waals surface area contributed by atoms with Gasteiger partial charge in [0.05, 0.1) is 5.56 Å². The monoisotopic (exact) mass is 256 g/mol. The normalized spacial score (nSPS) is 11.8. The van der Waals surface area contributed by atoms with Crippen molar-refractivity contribution in [1.82, 2.24) is 5.16 Å². The number of benzene rings is 1. The van der Waals surface area contributed by atoms with Crippen LogP contribution in [0.15, 0.2) is 34.9 Å². The summed E-state index contributed by atoms with van der Waals surface area (Å²) in [5.74, 6) is 0.560. The Labute approximate surface area is 101 Å². The lowest BCUT2D eigenvalue weighted by atomic mass is 10.1. The molecule has 0 amide bonds. The molecule has 0 bridgehead atoms. The van der Waals surface area contributed by atoms with Gasteiger partial charge in [0.15, 0.2) is 0 Å². The molecule has 1 aromatic heterocycles. The maximum absolute atomic E-state index is 12.5. The van der Waals surface area contributed by atoms with Crippen LogP contribution in [-0.4, -0.2) is 11.7 Å². The summed E-state index contributed by atoms with van der Waals surface area (Å²) in [6.07, 6.45) is -3.86. The van der Waals surface area contributed by atoms with Gasteiger partial charge in [0, 0.05) is 18.1 Å². The lowest BCUT2D eigenvalue weighted by Crippen LogP contribution is -2.04. The highest BCUT2D eigenvalue weighted by Gasteiger charge is 2.30. The molecule has 2 N–H and O–H groups in total. The highest BCUT2D eigenvalue weighted by molar-refractivity contribution is 5.60. The molecular weight excluding hydrogens is 245 g/mol. The fourth-order valence-electron chi connectivity index (χ4n) is 1.56. The minimum Gasteiger partial charge on any atom is -0.361 e. The Morgan fingerprint density at radius 2 is 2.00 bits per heavy atom. The van der Waals surface area contributed by atoms with E-state index >= 15 is 0 Å². The maximum atomic E-state index is 12.5. The second-order valence-electron chi connectivity index (χ2n) is 3.80. The molecule has 2 aromatic rings. The van der Waals surface area contributed by atoms with Gasteiger partial charge in [-0.05, 0) is 18.7 Å². The molecule has 0 aliphatic heterocycles. The van der Waals surface area contributed by atoms with E-state index in [9.17, 15) is 13.2 Å². The van der Waals surface area contributed by atoms with Gasteiger partial charge in [0.2, 0.25) is 0 Å². The Hall–Kier alpha value is -1.82. The van der Waals surface area contributed by atoms with E-state index in [2.05, 4.69) is 5.16 Å². The van der Waals surface area contributed by atoms with Crippen molar-refractivity contribution in [3.05, 3.63) is 41.7 Å². The van der Waals surface area contributed by atoms with Gasteiger partial charge in [-0.3, -0.25) is 0 Å². The number of hydrogen-bond acceptors (Lipinski definition) is 3. The van der Waals surface area contributed by atoms with Crippen molar-refractivity contribution in [1.29, 1.82) is 0 Å². The number of nitrogens with zero attached hydrogens (tertiary/aromatic N) is 1. The van der Waals surface area contributed by atoms with Gasteiger partial charge in [0.25, 0.3) is 0 Å². The molecule has 6 heteroatoms. The predicted molar refractivity (Wildman–Crippen MR) is 59.7 cm³/mol. The molecule has 0 spiro atoms. The van der Waals surface area contributed by atoms with E-state index in [1.54, 1.807) is 12.1 Å². The molecule has 0 atom stereocenters. The molecule has 0 radical (unpaired) electrons. The van der Waals surface area contributed by atoms with Crippen molar-refractivity contribution < 1.29 is 17.7 Å². The van der Waals surface area contributed by atoms with Gasteiger partial charge >= 0.3 is 6.18 Å². The van der Waals surface area contributed by atoms with E-state index in [0.29, 0.717) is 30.0 Å². The minimum absolute atomic E-state index is 0.372. The molecule has 96 valence electrons. The van der Waals surface area contributed by atoms with Crippen molar-refractivity contribution in [2.45, 2.75) is 12.6 Å². The summed E-state index contributed by atoms with van der Waals surface area (Å²) in [4.78, 5) is 0. The van der Waals surface area contributed by atoms with Crippen molar-refractivity contribution in [3.63, 3.8) is 0 Å². The Morgan fingerprint density at radius 3 is 2.67 bits per heavy atom. The highest BCUT2D eigenvalue weighted by Crippen LogP contribution is 2.31. The van der Waals surface area contributed by atoms with Crippen LogP contribution < -0.4 is 5.73 Å². The molecule has 0 aliphatic carbocycles. The van der Waals surface area contributed by atoms with Crippen LogP contribution in [-0.2, 0) is 12.6 Å². The lowest BCUT2D eigenvalue weighted by Gasteiger charge is -2.06. The fourth-order valence-corrected chi connectivity index (χ4v) is 1.56. The van der Waals surface area contributed by atoms with E-state index in [4.69, 9.17) is 10.3 Å². The van der Waals surface area contributed by atoms with Crippen molar-refractivity contribution >= 4 is 0 Å². The standard InChI is InChI=1S/C12H11F3N2O/c13-12(14,15)9-3-1-2-8(6-9)11-7-10(4-5-16)18-17-11/h1-3,6-7H,4-5,16H2. The number of hydrogen-bond donors (Lipinski definition) is 1. The van der Waals surface area contributed by atoms with Crippen LogP contribution >= 0.6 is 0 Å². The van der Waals surface area contributed by atoms with Gasteiger partial charge in [0.1, 0.15) is 11.5 Å². The summed E-state index contributed by atoms with van der Waals surface area (Å²) in [7, 11) is 0. The summed E-state index contributed by atoms with van der Waals surface area (Å²) in [6.45, 7) is 0.400. The largest absolute Gasteiger partial charge is 0.416 e. The Kier molecular flexibility index (Phi) is 3.38. The molecule has 0 saturated carbocycles. The van der Waals surface area contributed by atoms with E-state index in [1.165, 1.54) is 6.07 Å². The molecule has 0 fully saturated rings. The summed E-state index contributed by atoms with van der Waals surface area (Å²) in [6, 6.07) is 6.56. The number of alkyl halides is 3. The zero-order chi connectivity index (χ0) is 13.2. The van der Waals surface area contributed by atoms with Crippen LogP contribution in [0, 0.1) is 0 Å². The molecule has 2 rings (SSSR count). The number of rotatable bonds is 3. The average Bonchev–Trinajstić information content (AvgIpc) is 2.77. The summed E-state index contributed by atoms with van der Waals surface area (Å²) < 4.78 is 42.6. The van der Waals surface area contributed by atoms with Gasteiger partial charge in [-0.25, -0.2) is 0 Å². The van der Waals surface area contributed by atoms with E-state index in [1.807, 2.05) is 0 Å². The summed E-state index contributed by atoms with van der Waals surface area (Å²) in [5.41, 5.74) is 5.40. The summed E-state index contributed by atoms with van der Waals surface area (Å²) >= 11 is 0. The second kappa shape index (κ2) is 4.81.